The molecule has 0 aliphatic rings. The zero-order valence-electron chi connectivity index (χ0n) is 14.9. The molecule has 0 bridgehead atoms. The van der Waals surface area contributed by atoms with Gasteiger partial charge in [-0.3, -0.25) is 4.79 Å². The standard InChI is InChI=1S/C19H21NO6/c1-23-11-13-4-6-14(7-5-13)19(22)26-12-18(21)20-16-10-15(24-2)8-9-17(16)25-3/h4-10H,11-12H2,1-3H3,(H,20,21). The van der Waals surface area contributed by atoms with Gasteiger partial charge in [0, 0.05) is 13.2 Å². The maximum absolute atomic E-state index is 12.1. The van der Waals surface area contributed by atoms with Gasteiger partial charge in [0.1, 0.15) is 11.5 Å². The second-order valence-electron chi connectivity index (χ2n) is 5.32. The van der Waals surface area contributed by atoms with E-state index in [1.165, 1.54) is 14.2 Å². The van der Waals surface area contributed by atoms with Crippen molar-refractivity contribution < 1.29 is 28.5 Å². The molecule has 1 N–H and O–H groups in total. The molecule has 7 heteroatoms. The summed E-state index contributed by atoms with van der Waals surface area (Å²) in [6.45, 7) is 0.0408. The highest BCUT2D eigenvalue weighted by molar-refractivity contribution is 5.96. The number of amides is 1. The van der Waals surface area contributed by atoms with E-state index in [2.05, 4.69) is 5.32 Å². The lowest BCUT2D eigenvalue weighted by molar-refractivity contribution is -0.119. The summed E-state index contributed by atoms with van der Waals surface area (Å²) in [6, 6.07) is 11.8. The van der Waals surface area contributed by atoms with Gasteiger partial charge in [0.2, 0.25) is 0 Å². The van der Waals surface area contributed by atoms with Gasteiger partial charge < -0.3 is 24.3 Å². The first-order valence-corrected chi connectivity index (χ1v) is 7.84. The van der Waals surface area contributed by atoms with Crippen LogP contribution in [0.5, 0.6) is 11.5 Å². The number of benzene rings is 2. The third-order valence-corrected chi connectivity index (χ3v) is 3.52. The number of hydrogen-bond acceptors (Lipinski definition) is 6. The van der Waals surface area contributed by atoms with Crippen molar-refractivity contribution in [3.8, 4) is 11.5 Å². The number of ether oxygens (including phenoxy) is 4. The van der Waals surface area contributed by atoms with Crippen LogP contribution in [0.4, 0.5) is 5.69 Å². The Hall–Kier alpha value is -3.06. The van der Waals surface area contributed by atoms with E-state index in [4.69, 9.17) is 18.9 Å². The van der Waals surface area contributed by atoms with Crippen molar-refractivity contribution >= 4 is 17.6 Å². The number of esters is 1. The van der Waals surface area contributed by atoms with Gasteiger partial charge in [-0.2, -0.15) is 0 Å². The maximum atomic E-state index is 12.1. The van der Waals surface area contributed by atoms with Crippen molar-refractivity contribution in [3.05, 3.63) is 53.6 Å². The van der Waals surface area contributed by atoms with Crippen molar-refractivity contribution in [3.63, 3.8) is 0 Å². The Bertz CT molecular complexity index is 757. The summed E-state index contributed by atoms with van der Waals surface area (Å²) in [7, 11) is 4.61. The van der Waals surface area contributed by atoms with Gasteiger partial charge in [-0.25, -0.2) is 4.79 Å². The molecule has 0 atom stereocenters. The number of anilines is 1. The smallest absolute Gasteiger partial charge is 0.338 e. The number of methoxy groups -OCH3 is 3. The number of rotatable bonds is 8. The molecule has 1 amide bonds. The van der Waals surface area contributed by atoms with Gasteiger partial charge in [0.05, 0.1) is 32.1 Å². The zero-order valence-corrected chi connectivity index (χ0v) is 14.9. The summed E-state index contributed by atoms with van der Waals surface area (Å²) in [5, 5.41) is 2.63. The lowest BCUT2D eigenvalue weighted by atomic mass is 10.1. The Morgan fingerprint density at radius 3 is 2.31 bits per heavy atom. The summed E-state index contributed by atoms with van der Waals surface area (Å²) in [4.78, 5) is 24.1. The fourth-order valence-corrected chi connectivity index (χ4v) is 2.22. The Labute approximate surface area is 151 Å². The van der Waals surface area contributed by atoms with Gasteiger partial charge in [-0.1, -0.05) is 12.1 Å². The molecule has 0 saturated carbocycles. The normalized spacial score (nSPS) is 10.1. The summed E-state index contributed by atoms with van der Waals surface area (Å²) in [5.41, 5.74) is 1.72. The highest BCUT2D eigenvalue weighted by Crippen LogP contribution is 2.28. The molecule has 0 unspecified atom stereocenters. The van der Waals surface area contributed by atoms with E-state index in [9.17, 15) is 9.59 Å². The van der Waals surface area contributed by atoms with Crippen LogP contribution in [0.25, 0.3) is 0 Å². The molecule has 0 fully saturated rings. The molecule has 2 aromatic carbocycles. The molecule has 0 saturated heterocycles. The van der Waals surface area contributed by atoms with Crippen LogP contribution in [0, 0.1) is 0 Å². The monoisotopic (exact) mass is 359 g/mol. The van der Waals surface area contributed by atoms with E-state index >= 15 is 0 Å². The lowest BCUT2D eigenvalue weighted by Gasteiger charge is -2.12. The first-order chi connectivity index (χ1) is 12.6. The van der Waals surface area contributed by atoms with Gasteiger partial charge in [-0.15, -0.1) is 0 Å². The van der Waals surface area contributed by atoms with Gasteiger partial charge in [0.25, 0.3) is 5.91 Å². The zero-order chi connectivity index (χ0) is 18.9. The molecule has 138 valence electrons. The van der Waals surface area contributed by atoms with Gasteiger partial charge in [0.15, 0.2) is 6.61 Å². The number of carbonyl (C=O) groups excluding carboxylic acids is 2. The van der Waals surface area contributed by atoms with E-state index in [1.807, 2.05) is 0 Å². The number of carbonyl (C=O) groups is 2. The minimum Gasteiger partial charge on any atom is -0.497 e. The second-order valence-corrected chi connectivity index (χ2v) is 5.32. The summed E-state index contributed by atoms with van der Waals surface area (Å²) < 4.78 is 20.3. The van der Waals surface area contributed by atoms with Crippen LogP contribution in [0.1, 0.15) is 15.9 Å². The quantitative estimate of drug-likeness (QED) is 0.730. The van der Waals surface area contributed by atoms with E-state index in [0.717, 1.165) is 5.56 Å². The average Bonchev–Trinajstić information content (AvgIpc) is 2.67. The molecule has 0 aliphatic carbocycles. The molecule has 2 rings (SSSR count). The van der Waals surface area contributed by atoms with Crippen molar-refractivity contribution in [2.75, 3.05) is 33.3 Å². The molecule has 0 radical (unpaired) electrons. The van der Waals surface area contributed by atoms with Crippen molar-refractivity contribution in [1.82, 2.24) is 0 Å². The van der Waals surface area contributed by atoms with Gasteiger partial charge >= 0.3 is 5.97 Å². The summed E-state index contributed by atoms with van der Waals surface area (Å²) >= 11 is 0. The molecule has 7 nitrogen and oxygen atoms in total. The molecular weight excluding hydrogens is 338 g/mol. The second kappa shape index (κ2) is 9.43. The largest absolute Gasteiger partial charge is 0.497 e. The van der Waals surface area contributed by atoms with E-state index in [1.54, 1.807) is 49.6 Å². The van der Waals surface area contributed by atoms with Crippen LogP contribution in [0.3, 0.4) is 0 Å². The van der Waals surface area contributed by atoms with Crippen LogP contribution >= 0.6 is 0 Å². The predicted octanol–water partition coefficient (Wildman–Crippen LogP) is 2.65. The number of nitrogens with one attached hydrogen (secondary N) is 1. The Morgan fingerprint density at radius 1 is 0.962 bits per heavy atom. The first-order valence-electron chi connectivity index (χ1n) is 7.84. The minimum atomic E-state index is -0.582. The summed E-state index contributed by atoms with van der Waals surface area (Å²) in [5.74, 6) is -0.0314. The third-order valence-electron chi connectivity index (χ3n) is 3.52. The molecule has 2 aromatic rings. The van der Waals surface area contributed by atoms with E-state index in [0.29, 0.717) is 29.4 Å². The highest BCUT2D eigenvalue weighted by Gasteiger charge is 2.13. The van der Waals surface area contributed by atoms with Crippen LogP contribution in [-0.2, 0) is 20.9 Å². The molecule has 0 aromatic heterocycles. The van der Waals surface area contributed by atoms with Crippen LogP contribution in [0.2, 0.25) is 0 Å². The van der Waals surface area contributed by atoms with Gasteiger partial charge in [-0.05, 0) is 29.8 Å². The Morgan fingerprint density at radius 2 is 1.69 bits per heavy atom. The minimum absolute atomic E-state index is 0.358. The molecule has 26 heavy (non-hydrogen) atoms. The van der Waals surface area contributed by atoms with Crippen molar-refractivity contribution in [2.45, 2.75) is 6.61 Å². The van der Waals surface area contributed by atoms with E-state index < -0.39 is 18.5 Å². The fraction of sp³-hybridized carbons (Fsp3) is 0.263. The molecule has 0 spiro atoms. The average molecular weight is 359 g/mol. The van der Waals surface area contributed by atoms with Crippen LogP contribution in [0.15, 0.2) is 42.5 Å². The first kappa shape index (κ1) is 19.3. The van der Waals surface area contributed by atoms with Crippen LogP contribution in [-0.4, -0.2) is 39.8 Å². The highest BCUT2D eigenvalue weighted by atomic mass is 16.5. The Kier molecular flexibility index (Phi) is 6.99. The predicted molar refractivity (Wildman–Crippen MR) is 95.6 cm³/mol. The Balaban J connectivity index is 1.93. The number of hydrogen-bond donors (Lipinski definition) is 1. The maximum Gasteiger partial charge on any atom is 0.338 e. The summed E-state index contributed by atoms with van der Waals surface area (Å²) in [6.07, 6.45) is 0. The fourth-order valence-electron chi connectivity index (χ4n) is 2.22. The SMILES string of the molecule is COCc1ccc(C(=O)OCC(=O)Nc2cc(OC)ccc2OC)cc1. The van der Waals surface area contributed by atoms with E-state index in [-0.39, 0.29) is 0 Å². The van der Waals surface area contributed by atoms with Crippen LogP contribution < -0.4 is 14.8 Å². The molecule has 0 aliphatic heterocycles. The van der Waals surface area contributed by atoms with Crippen molar-refractivity contribution in [2.24, 2.45) is 0 Å². The lowest BCUT2D eigenvalue weighted by Crippen LogP contribution is -2.21. The van der Waals surface area contributed by atoms with Crippen molar-refractivity contribution in [1.29, 1.82) is 0 Å². The topological polar surface area (TPSA) is 83.1 Å². The third kappa shape index (κ3) is 5.22. The molecular formula is C19H21NO6. The molecule has 0 heterocycles.